The lowest BCUT2D eigenvalue weighted by atomic mass is 9.91. The van der Waals surface area contributed by atoms with Crippen LogP contribution in [0.2, 0.25) is 0 Å². The fourth-order valence-corrected chi connectivity index (χ4v) is 2.35. The van der Waals surface area contributed by atoms with Crippen molar-refractivity contribution in [2.24, 2.45) is 11.0 Å². The first-order valence-corrected chi connectivity index (χ1v) is 8.39. The van der Waals surface area contributed by atoms with Gasteiger partial charge in [0.05, 0.1) is 0 Å². The number of amides is 1. The van der Waals surface area contributed by atoms with Crippen LogP contribution < -0.4 is 5.43 Å². The molecule has 0 aliphatic rings. The van der Waals surface area contributed by atoms with Crippen molar-refractivity contribution < 1.29 is 4.79 Å². The number of unbranched alkanes of at least 4 members (excludes halogenated alkanes) is 4. The van der Waals surface area contributed by atoms with Gasteiger partial charge in [-0.15, -0.1) is 0 Å². The van der Waals surface area contributed by atoms with Crippen molar-refractivity contribution >= 4 is 11.6 Å². The Balaban J connectivity index is 3.95. The average molecular weight is 282 g/mol. The van der Waals surface area contributed by atoms with Crippen LogP contribution in [0.15, 0.2) is 5.10 Å². The van der Waals surface area contributed by atoms with E-state index in [0.717, 1.165) is 12.1 Å². The molecule has 1 amide bonds. The molecule has 0 radical (unpaired) electrons. The van der Waals surface area contributed by atoms with E-state index in [9.17, 15) is 4.79 Å². The summed E-state index contributed by atoms with van der Waals surface area (Å²) in [5.41, 5.74) is 3.51. The Kier molecular flexibility index (Phi) is 12.6. The third kappa shape index (κ3) is 12.2. The van der Waals surface area contributed by atoms with Crippen molar-refractivity contribution in [2.45, 2.75) is 91.9 Å². The summed E-state index contributed by atoms with van der Waals surface area (Å²) in [7, 11) is 0. The summed E-state index contributed by atoms with van der Waals surface area (Å²) in [6.45, 7) is 8.25. The zero-order valence-corrected chi connectivity index (χ0v) is 14.0. The van der Waals surface area contributed by atoms with Gasteiger partial charge in [-0.25, -0.2) is 5.43 Å². The van der Waals surface area contributed by atoms with Gasteiger partial charge in [-0.05, 0) is 26.2 Å². The molecular formula is C17H34N2O. The smallest absolute Gasteiger partial charge is 0.240 e. The van der Waals surface area contributed by atoms with Gasteiger partial charge in [0.25, 0.3) is 0 Å². The van der Waals surface area contributed by atoms with Gasteiger partial charge in [0, 0.05) is 12.1 Å². The van der Waals surface area contributed by atoms with Crippen molar-refractivity contribution in [1.82, 2.24) is 5.43 Å². The Labute approximate surface area is 125 Å². The number of nitrogens with zero attached hydrogens (tertiary/aromatic N) is 1. The highest BCUT2D eigenvalue weighted by molar-refractivity contribution is 5.82. The molecule has 0 rings (SSSR count). The van der Waals surface area contributed by atoms with Gasteiger partial charge in [0.15, 0.2) is 0 Å². The van der Waals surface area contributed by atoms with E-state index in [0.29, 0.717) is 12.3 Å². The summed E-state index contributed by atoms with van der Waals surface area (Å²) in [5.74, 6) is 0.769. The second kappa shape index (κ2) is 13.1. The lowest BCUT2D eigenvalue weighted by Crippen LogP contribution is -2.19. The largest absolute Gasteiger partial charge is 0.273 e. The van der Waals surface area contributed by atoms with Crippen molar-refractivity contribution in [1.29, 1.82) is 0 Å². The molecule has 0 bridgehead atoms. The van der Waals surface area contributed by atoms with Crippen LogP contribution in [0.25, 0.3) is 0 Å². The highest BCUT2D eigenvalue weighted by Crippen LogP contribution is 2.22. The Morgan fingerprint density at radius 2 is 1.60 bits per heavy atom. The predicted molar refractivity (Wildman–Crippen MR) is 87.9 cm³/mol. The average Bonchev–Trinajstić information content (AvgIpc) is 2.43. The Hall–Kier alpha value is -0.860. The molecule has 0 heterocycles. The zero-order valence-electron chi connectivity index (χ0n) is 14.0. The first-order chi connectivity index (χ1) is 9.60. The lowest BCUT2D eigenvalue weighted by Gasteiger charge is -2.16. The van der Waals surface area contributed by atoms with Gasteiger partial charge in [-0.1, -0.05) is 65.2 Å². The van der Waals surface area contributed by atoms with E-state index in [1.165, 1.54) is 51.4 Å². The van der Waals surface area contributed by atoms with Gasteiger partial charge in [0.1, 0.15) is 0 Å². The Morgan fingerprint density at radius 3 is 2.20 bits per heavy atom. The van der Waals surface area contributed by atoms with E-state index in [2.05, 4.69) is 24.4 Å². The minimum absolute atomic E-state index is 0.0567. The molecule has 0 fully saturated rings. The van der Waals surface area contributed by atoms with Crippen molar-refractivity contribution in [2.75, 3.05) is 0 Å². The van der Waals surface area contributed by atoms with Gasteiger partial charge in [-0.3, -0.25) is 4.79 Å². The summed E-state index contributed by atoms with van der Waals surface area (Å²) in [6, 6.07) is 0. The Bertz CT molecular complexity index is 270. The zero-order chi connectivity index (χ0) is 15.2. The number of hydrogen-bond donors (Lipinski definition) is 1. The highest BCUT2D eigenvalue weighted by atomic mass is 16.2. The molecule has 0 aliphatic carbocycles. The second-order valence-corrected chi connectivity index (χ2v) is 5.99. The number of rotatable bonds is 12. The topological polar surface area (TPSA) is 41.5 Å². The van der Waals surface area contributed by atoms with E-state index in [-0.39, 0.29) is 5.91 Å². The van der Waals surface area contributed by atoms with Gasteiger partial charge < -0.3 is 0 Å². The summed E-state index contributed by atoms with van der Waals surface area (Å²) in [6.07, 6.45) is 12.0. The summed E-state index contributed by atoms with van der Waals surface area (Å²) in [4.78, 5) is 11.7. The van der Waals surface area contributed by atoms with Crippen molar-refractivity contribution in [3.63, 3.8) is 0 Å². The van der Waals surface area contributed by atoms with Crippen molar-refractivity contribution in [3.05, 3.63) is 0 Å². The number of carbonyl (C=O) groups is 1. The molecule has 0 saturated carbocycles. The third-order valence-electron chi connectivity index (χ3n) is 3.62. The number of hydrazone groups is 1. The molecule has 1 unspecified atom stereocenters. The maximum absolute atomic E-state index is 11.7. The maximum atomic E-state index is 11.7. The molecule has 1 atom stereocenters. The van der Waals surface area contributed by atoms with E-state index >= 15 is 0 Å². The van der Waals surface area contributed by atoms with Crippen LogP contribution in [-0.2, 0) is 4.79 Å². The summed E-state index contributed by atoms with van der Waals surface area (Å²) >= 11 is 0. The molecule has 0 aromatic heterocycles. The summed E-state index contributed by atoms with van der Waals surface area (Å²) < 4.78 is 0. The van der Waals surface area contributed by atoms with Crippen LogP contribution in [0.5, 0.6) is 0 Å². The minimum Gasteiger partial charge on any atom is -0.273 e. The molecule has 0 aromatic rings. The monoisotopic (exact) mass is 282 g/mol. The first kappa shape index (κ1) is 19.1. The van der Waals surface area contributed by atoms with Crippen LogP contribution >= 0.6 is 0 Å². The minimum atomic E-state index is 0.0567. The molecule has 3 heteroatoms. The number of nitrogens with one attached hydrogen (secondary N) is 1. The molecule has 0 spiro atoms. The highest BCUT2D eigenvalue weighted by Gasteiger charge is 2.10. The SMILES string of the molecule is CCCCCCC(CCCC)CCC(=O)NN=C(C)C. The van der Waals surface area contributed by atoms with Gasteiger partial charge in [-0.2, -0.15) is 5.10 Å². The van der Waals surface area contributed by atoms with Crippen molar-refractivity contribution in [3.8, 4) is 0 Å². The van der Waals surface area contributed by atoms with E-state index in [1.807, 2.05) is 13.8 Å². The van der Waals surface area contributed by atoms with Crippen LogP contribution in [0.1, 0.15) is 91.9 Å². The maximum Gasteiger partial charge on any atom is 0.240 e. The van der Waals surface area contributed by atoms with Crippen LogP contribution in [0.4, 0.5) is 0 Å². The molecule has 3 nitrogen and oxygen atoms in total. The molecule has 0 aliphatic heterocycles. The van der Waals surface area contributed by atoms with Gasteiger partial charge in [0.2, 0.25) is 5.91 Å². The standard InChI is InChI=1S/C17H34N2O/c1-5-7-9-10-12-16(11-8-6-2)13-14-17(20)19-18-15(3)4/h16H,5-14H2,1-4H3,(H,19,20). The van der Waals surface area contributed by atoms with E-state index < -0.39 is 0 Å². The fourth-order valence-electron chi connectivity index (χ4n) is 2.35. The van der Waals surface area contributed by atoms with Crippen LogP contribution in [0.3, 0.4) is 0 Å². The molecular weight excluding hydrogens is 248 g/mol. The lowest BCUT2D eigenvalue weighted by molar-refractivity contribution is -0.121. The molecule has 0 saturated heterocycles. The molecule has 118 valence electrons. The molecule has 20 heavy (non-hydrogen) atoms. The van der Waals surface area contributed by atoms with Crippen LogP contribution in [-0.4, -0.2) is 11.6 Å². The fraction of sp³-hybridized carbons (Fsp3) is 0.882. The first-order valence-electron chi connectivity index (χ1n) is 8.39. The second-order valence-electron chi connectivity index (χ2n) is 5.99. The normalized spacial score (nSPS) is 12.0. The Morgan fingerprint density at radius 1 is 0.950 bits per heavy atom. The summed E-state index contributed by atoms with van der Waals surface area (Å²) in [5, 5.41) is 3.97. The van der Waals surface area contributed by atoms with Gasteiger partial charge >= 0.3 is 0 Å². The molecule has 0 aromatic carbocycles. The van der Waals surface area contributed by atoms with Crippen LogP contribution in [0, 0.1) is 5.92 Å². The molecule has 1 N–H and O–H groups in total. The van der Waals surface area contributed by atoms with E-state index in [4.69, 9.17) is 0 Å². The van der Waals surface area contributed by atoms with E-state index in [1.54, 1.807) is 0 Å². The number of hydrogen-bond acceptors (Lipinski definition) is 2. The third-order valence-corrected chi connectivity index (χ3v) is 3.62. The quantitative estimate of drug-likeness (QED) is 0.303. The number of carbonyl (C=O) groups excluding carboxylic acids is 1. The predicted octanol–water partition coefficient (Wildman–Crippen LogP) is 5.06.